The zero-order chi connectivity index (χ0) is 17.7. The molecule has 5 N–H and O–H groups in total. The minimum Gasteiger partial charge on any atom is -0.496 e. The molecule has 134 valence electrons. The first-order valence-corrected chi connectivity index (χ1v) is 8.34. The monoisotopic (exact) mass is 381 g/mol. The number of nitrogen functional groups attached to an aromatic ring is 1. The summed E-state index contributed by atoms with van der Waals surface area (Å²) in [6.45, 7) is 0. The normalized spacial score (nSPS) is 11.1. The number of amidine groups is 1. The van der Waals surface area contributed by atoms with Gasteiger partial charge >= 0.3 is 5.97 Å². The number of nitrogens with two attached hydrogens (primary N) is 1. The second-order valence-electron chi connectivity index (χ2n) is 5.02. The average Bonchev–Trinajstić information content (AvgIpc) is 2.59. The molecule has 0 spiro atoms. The van der Waals surface area contributed by atoms with Gasteiger partial charge in [0, 0.05) is 16.1 Å². The second-order valence-corrected chi connectivity index (χ2v) is 5.87. The maximum atomic E-state index is 11.7. The summed E-state index contributed by atoms with van der Waals surface area (Å²) in [4.78, 5) is 12.5. The van der Waals surface area contributed by atoms with Gasteiger partial charge in [0.2, 0.25) is 0 Å². The van der Waals surface area contributed by atoms with Gasteiger partial charge in [-0.2, -0.15) is 0 Å². The van der Waals surface area contributed by atoms with Crippen molar-refractivity contribution in [3.05, 3.63) is 53.6 Å². The van der Waals surface area contributed by atoms with Gasteiger partial charge in [0.15, 0.2) is 6.04 Å². The summed E-state index contributed by atoms with van der Waals surface area (Å²) in [7, 11) is 1.58. The Morgan fingerprint density at radius 3 is 2.40 bits per heavy atom. The number of benzene rings is 2. The smallest absolute Gasteiger partial charge is 0.330 e. The largest absolute Gasteiger partial charge is 0.496 e. The van der Waals surface area contributed by atoms with E-state index in [1.54, 1.807) is 49.6 Å². The Kier molecular flexibility index (Phi) is 7.60. The molecule has 8 heteroatoms. The Bertz CT molecular complexity index is 753. The van der Waals surface area contributed by atoms with E-state index in [0.29, 0.717) is 22.6 Å². The number of methoxy groups -OCH3 is 1. The zero-order valence-corrected chi connectivity index (χ0v) is 15.4. The molecule has 0 aliphatic rings. The van der Waals surface area contributed by atoms with Crippen molar-refractivity contribution in [2.75, 3.05) is 18.7 Å². The van der Waals surface area contributed by atoms with E-state index in [0.717, 1.165) is 4.90 Å². The van der Waals surface area contributed by atoms with E-state index >= 15 is 0 Å². The summed E-state index contributed by atoms with van der Waals surface area (Å²) < 4.78 is 5.26. The van der Waals surface area contributed by atoms with Crippen LogP contribution in [-0.4, -0.2) is 30.3 Å². The second kappa shape index (κ2) is 9.19. The van der Waals surface area contributed by atoms with Crippen LogP contribution in [0.15, 0.2) is 47.4 Å². The van der Waals surface area contributed by atoms with E-state index in [2.05, 4.69) is 5.32 Å². The molecule has 25 heavy (non-hydrogen) atoms. The molecule has 0 aromatic heterocycles. The standard InChI is InChI=1S/C17H19N3O3S.ClH/c1-23-13-8-5-11(9-14(13)24-2)15(17(21)22)20-12-6-3-10(4-7-12)16(18)19;/h3-9,15,20H,1-2H3,(H3,18,19)(H,21,22);1H. The third-order valence-electron chi connectivity index (χ3n) is 3.49. The molecule has 1 atom stereocenters. The van der Waals surface area contributed by atoms with Crippen molar-refractivity contribution in [1.82, 2.24) is 0 Å². The third kappa shape index (κ3) is 5.04. The highest BCUT2D eigenvalue weighted by Gasteiger charge is 2.21. The first-order chi connectivity index (χ1) is 11.5. The van der Waals surface area contributed by atoms with Crippen LogP contribution in [0, 0.1) is 5.41 Å². The number of halogens is 1. The Labute approximate surface area is 156 Å². The number of nitrogens with one attached hydrogen (secondary N) is 2. The Morgan fingerprint density at radius 2 is 1.92 bits per heavy atom. The summed E-state index contributed by atoms with van der Waals surface area (Å²) in [6.07, 6.45) is 1.91. The summed E-state index contributed by atoms with van der Waals surface area (Å²) >= 11 is 1.49. The molecular weight excluding hydrogens is 362 g/mol. The van der Waals surface area contributed by atoms with Gasteiger partial charge in [-0.1, -0.05) is 6.07 Å². The minimum absolute atomic E-state index is 0. The Balaban J connectivity index is 0.00000312. The molecule has 0 bridgehead atoms. The molecule has 6 nitrogen and oxygen atoms in total. The highest BCUT2D eigenvalue weighted by atomic mass is 35.5. The highest BCUT2D eigenvalue weighted by Crippen LogP contribution is 2.31. The predicted octanol–water partition coefficient (Wildman–Crippen LogP) is 3.36. The molecule has 2 rings (SSSR count). The predicted molar refractivity (Wildman–Crippen MR) is 103 cm³/mol. The fraction of sp³-hybridized carbons (Fsp3) is 0.176. The molecule has 2 aromatic carbocycles. The van der Waals surface area contributed by atoms with Crippen molar-refractivity contribution in [2.24, 2.45) is 5.73 Å². The van der Waals surface area contributed by atoms with Crippen molar-refractivity contribution >= 4 is 41.7 Å². The van der Waals surface area contributed by atoms with Crippen LogP contribution in [0.1, 0.15) is 17.2 Å². The maximum absolute atomic E-state index is 11.7. The van der Waals surface area contributed by atoms with E-state index < -0.39 is 12.0 Å². The minimum atomic E-state index is -0.983. The number of hydrogen-bond donors (Lipinski definition) is 4. The van der Waals surface area contributed by atoms with Crippen LogP contribution in [0.4, 0.5) is 5.69 Å². The fourth-order valence-corrected chi connectivity index (χ4v) is 2.84. The number of anilines is 1. The van der Waals surface area contributed by atoms with Crippen molar-refractivity contribution < 1.29 is 14.6 Å². The van der Waals surface area contributed by atoms with Crippen LogP contribution in [0.3, 0.4) is 0 Å². The molecular formula is C17H20ClN3O3S. The zero-order valence-electron chi connectivity index (χ0n) is 13.8. The maximum Gasteiger partial charge on any atom is 0.330 e. The van der Waals surface area contributed by atoms with Crippen molar-refractivity contribution in [1.29, 1.82) is 5.41 Å². The molecule has 0 radical (unpaired) electrons. The number of hydrogen-bond acceptors (Lipinski definition) is 5. The van der Waals surface area contributed by atoms with E-state index in [1.165, 1.54) is 11.8 Å². The van der Waals surface area contributed by atoms with Gasteiger partial charge in [-0.15, -0.1) is 24.2 Å². The number of rotatable bonds is 7. The first kappa shape index (κ1) is 20.7. The van der Waals surface area contributed by atoms with Crippen LogP contribution in [0.5, 0.6) is 5.75 Å². The fourth-order valence-electron chi connectivity index (χ4n) is 2.23. The molecule has 0 saturated carbocycles. The van der Waals surface area contributed by atoms with Gasteiger partial charge in [-0.05, 0) is 48.2 Å². The average molecular weight is 382 g/mol. The SMILES string of the molecule is COc1ccc(C(Nc2ccc(C(=N)N)cc2)C(=O)O)cc1SC.Cl. The summed E-state index contributed by atoms with van der Waals surface area (Å²) in [5.41, 5.74) is 7.26. The number of aliphatic carboxylic acids is 1. The summed E-state index contributed by atoms with van der Waals surface area (Å²) in [6, 6.07) is 11.1. The summed E-state index contributed by atoms with van der Waals surface area (Å²) in [5.74, 6) is -0.305. The summed E-state index contributed by atoms with van der Waals surface area (Å²) in [5, 5.41) is 19.9. The van der Waals surface area contributed by atoms with Crippen LogP contribution >= 0.6 is 24.2 Å². The highest BCUT2D eigenvalue weighted by molar-refractivity contribution is 7.98. The van der Waals surface area contributed by atoms with Crippen LogP contribution in [-0.2, 0) is 4.79 Å². The molecule has 0 heterocycles. The van der Waals surface area contributed by atoms with Gasteiger partial charge in [0.25, 0.3) is 0 Å². The van der Waals surface area contributed by atoms with Gasteiger partial charge in [-0.3, -0.25) is 5.41 Å². The van der Waals surface area contributed by atoms with Crippen molar-refractivity contribution in [2.45, 2.75) is 10.9 Å². The number of thioether (sulfide) groups is 1. The van der Waals surface area contributed by atoms with Crippen LogP contribution in [0.25, 0.3) is 0 Å². The van der Waals surface area contributed by atoms with Gasteiger partial charge in [-0.25, -0.2) is 4.79 Å². The molecule has 0 aliphatic carbocycles. The third-order valence-corrected chi connectivity index (χ3v) is 4.25. The lowest BCUT2D eigenvalue weighted by Crippen LogP contribution is -2.20. The number of ether oxygens (including phenoxy) is 1. The van der Waals surface area contributed by atoms with E-state index in [9.17, 15) is 9.90 Å². The molecule has 0 aliphatic heterocycles. The lowest BCUT2D eigenvalue weighted by Gasteiger charge is -2.18. The Morgan fingerprint density at radius 1 is 1.28 bits per heavy atom. The number of carboxylic acids is 1. The lowest BCUT2D eigenvalue weighted by atomic mass is 10.1. The molecule has 0 amide bonds. The van der Waals surface area contributed by atoms with Crippen LogP contribution in [0.2, 0.25) is 0 Å². The molecule has 2 aromatic rings. The van der Waals surface area contributed by atoms with Gasteiger partial charge in [0.05, 0.1) is 7.11 Å². The lowest BCUT2D eigenvalue weighted by molar-refractivity contribution is -0.138. The Hall–Kier alpha value is -2.38. The quantitative estimate of drug-likeness (QED) is 0.332. The van der Waals surface area contributed by atoms with Crippen molar-refractivity contribution in [3.8, 4) is 5.75 Å². The van der Waals surface area contributed by atoms with E-state index in [4.69, 9.17) is 15.9 Å². The van der Waals surface area contributed by atoms with Crippen molar-refractivity contribution in [3.63, 3.8) is 0 Å². The molecule has 1 unspecified atom stereocenters. The van der Waals surface area contributed by atoms with E-state index in [1.807, 2.05) is 6.26 Å². The topological polar surface area (TPSA) is 108 Å². The van der Waals surface area contributed by atoms with Gasteiger partial charge in [0.1, 0.15) is 11.6 Å². The van der Waals surface area contributed by atoms with Crippen LogP contribution < -0.4 is 15.8 Å². The number of carbonyl (C=O) groups is 1. The van der Waals surface area contributed by atoms with Gasteiger partial charge < -0.3 is 20.9 Å². The first-order valence-electron chi connectivity index (χ1n) is 7.12. The van der Waals surface area contributed by atoms with E-state index in [-0.39, 0.29) is 18.2 Å². The molecule has 0 saturated heterocycles. The molecule has 0 fully saturated rings. The number of carboxylic acid groups (broad SMARTS) is 1.